The lowest BCUT2D eigenvalue weighted by atomic mass is 9.73. The van der Waals surface area contributed by atoms with Gasteiger partial charge in [0.25, 0.3) is 0 Å². The first kappa shape index (κ1) is 8.72. The van der Waals surface area contributed by atoms with Crippen LogP contribution in [0.25, 0.3) is 0 Å². The van der Waals surface area contributed by atoms with Crippen LogP contribution in [-0.4, -0.2) is 0 Å². The van der Waals surface area contributed by atoms with E-state index in [1.165, 1.54) is 16.7 Å². The average Bonchev–Trinajstić information content (AvgIpc) is 2.28. The first-order valence-electron chi connectivity index (χ1n) is 5.48. The Hall–Kier alpha value is -1.56. The van der Waals surface area contributed by atoms with Gasteiger partial charge in [-0.1, -0.05) is 60.3 Å². The van der Waals surface area contributed by atoms with E-state index in [0.29, 0.717) is 11.8 Å². The molecule has 0 aromatic heterocycles. The minimum Gasteiger partial charge on any atom is -0.0761 e. The van der Waals surface area contributed by atoms with E-state index in [-0.39, 0.29) is 0 Å². The Labute approximate surface area is 90.7 Å². The molecule has 3 aliphatic rings. The molecule has 74 valence electrons. The van der Waals surface area contributed by atoms with Crippen LogP contribution in [0.2, 0.25) is 0 Å². The van der Waals surface area contributed by atoms with Gasteiger partial charge in [0.2, 0.25) is 0 Å². The molecule has 0 fully saturated rings. The predicted octanol–water partition coefficient (Wildman–Crippen LogP) is 3.73. The molecule has 3 rings (SSSR count). The van der Waals surface area contributed by atoms with Crippen molar-refractivity contribution in [2.45, 2.75) is 6.92 Å². The summed E-state index contributed by atoms with van der Waals surface area (Å²) in [4.78, 5) is 0. The van der Waals surface area contributed by atoms with Crippen molar-refractivity contribution in [2.24, 2.45) is 11.8 Å². The molecule has 0 amide bonds. The molecule has 15 heavy (non-hydrogen) atoms. The van der Waals surface area contributed by atoms with Crippen molar-refractivity contribution in [3.63, 3.8) is 0 Å². The van der Waals surface area contributed by atoms with Gasteiger partial charge in [0.1, 0.15) is 0 Å². The second-order valence-corrected chi connectivity index (χ2v) is 4.38. The van der Waals surface area contributed by atoms with Crippen LogP contribution < -0.4 is 0 Å². The summed E-state index contributed by atoms with van der Waals surface area (Å²) in [5.41, 5.74) is 4.23. The minimum atomic E-state index is 0.551. The summed E-state index contributed by atoms with van der Waals surface area (Å²) < 4.78 is 0. The lowest BCUT2D eigenvalue weighted by molar-refractivity contribution is 0.613. The van der Waals surface area contributed by atoms with Crippen LogP contribution in [-0.2, 0) is 0 Å². The molecule has 2 unspecified atom stereocenters. The van der Waals surface area contributed by atoms with E-state index in [2.05, 4.69) is 61.6 Å². The maximum atomic E-state index is 2.34. The quantitative estimate of drug-likeness (QED) is 0.551. The van der Waals surface area contributed by atoms with E-state index in [0.717, 1.165) is 0 Å². The molecule has 0 saturated carbocycles. The molecule has 0 saturated heterocycles. The van der Waals surface area contributed by atoms with Crippen molar-refractivity contribution in [3.8, 4) is 0 Å². The fourth-order valence-corrected chi connectivity index (χ4v) is 2.52. The van der Waals surface area contributed by atoms with Crippen LogP contribution in [0, 0.1) is 11.8 Å². The van der Waals surface area contributed by atoms with E-state index in [1.54, 1.807) is 0 Å². The van der Waals surface area contributed by atoms with E-state index in [9.17, 15) is 0 Å². The third-order valence-corrected chi connectivity index (χ3v) is 3.30. The van der Waals surface area contributed by atoms with Crippen LogP contribution in [0.5, 0.6) is 0 Å². The molecule has 0 aromatic rings. The number of hydrogen-bond donors (Lipinski definition) is 0. The second kappa shape index (κ2) is 3.23. The van der Waals surface area contributed by atoms with Crippen molar-refractivity contribution in [1.29, 1.82) is 0 Å². The number of rotatable bonds is 0. The molecule has 3 aliphatic carbocycles. The Morgan fingerprint density at radius 3 is 2.60 bits per heavy atom. The van der Waals surface area contributed by atoms with Gasteiger partial charge in [-0.25, -0.2) is 0 Å². The van der Waals surface area contributed by atoms with Gasteiger partial charge >= 0.3 is 0 Å². The summed E-state index contributed by atoms with van der Waals surface area (Å²) in [5.74, 6) is 1.10. The number of fused-ring (bicyclic) bond motifs is 3. The van der Waals surface area contributed by atoms with Gasteiger partial charge in [0.15, 0.2) is 0 Å². The van der Waals surface area contributed by atoms with Crippen LogP contribution >= 0.6 is 0 Å². The second-order valence-electron chi connectivity index (χ2n) is 4.38. The van der Waals surface area contributed by atoms with Crippen molar-refractivity contribution in [1.82, 2.24) is 0 Å². The molecule has 2 atom stereocenters. The number of allylic oxidation sites excluding steroid dienone is 12. The van der Waals surface area contributed by atoms with E-state index >= 15 is 0 Å². The Bertz CT molecular complexity index is 464. The van der Waals surface area contributed by atoms with Gasteiger partial charge in [0, 0.05) is 11.8 Å². The first-order valence-corrected chi connectivity index (χ1v) is 5.48. The van der Waals surface area contributed by atoms with E-state index in [1.807, 2.05) is 0 Å². The lowest BCUT2D eigenvalue weighted by Gasteiger charge is -2.31. The Morgan fingerprint density at radius 2 is 1.67 bits per heavy atom. The van der Waals surface area contributed by atoms with Gasteiger partial charge in [0.05, 0.1) is 0 Å². The molecular weight excluding hydrogens is 180 g/mol. The Kier molecular flexibility index (Phi) is 1.88. The highest BCUT2D eigenvalue weighted by Crippen LogP contribution is 2.38. The molecule has 0 heterocycles. The largest absolute Gasteiger partial charge is 0.0761 e. The average molecular weight is 194 g/mol. The molecule has 0 aliphatic heterocycles. The smallest absolute Gasteiger partial charge is 0.0125 e. The van der Waals surface area contributed by atoms with Gasteiger partial charge < -0.3 is 0 Å². The zero-order chi connectivity index (χ0) is 10.3. The zero-order valence-electron chi connectivity index (χ0n) is 8.85. The molecule has 0 aromatic carbocycles. The highest BCUT2D eigenvalue weighted by molar-refractivity contribution is 5.50. The highest BCUT2D eigenvalue weighted by Gasteiger charge is 2.26. The van der Waals surface area contributed by atoms with Gasteiger partial charge in [-0.3, -0.25) is 0 Å². The Morgan fingerprint density at radius 1 is 0.867 bits per heavy atom. The zero-order valence-corrected chi connectivity index (χ0v) is 8.85. The molecule has 0 N–H and O–H groups in total. The molecule has 0 heteroatoms. The molecule has 0 nitrogen and oxygen atoms in total. The van der Waals surface area contributed by atoms with E-state index < -0.39 is 0 Å². The van der Waals surface area contributed by atoms with Crippen molar-refractivity contribution < 1.29 is 0 Å². The Balaban J connectivity index is 2.07. The topological polar surface area (TPSA) is 0 Å². The summed E-state index contributed by atoms with van der Waals surface area (Å²) in [6.07, 6.45) is 20.2. The lowest BCUT2D eigenvalue weighted by Crippen LogP contribution is -2.19. The van der Waals surface area contributed by atoms with Crippen LogP contribution in [0.4, 0.5) is 0 Å². The molecule has 0 radical (unpaired) electrons. The summed E-state index contributed by atoms with van der Waals surface area (Å²) in [7, 11) is 0. The van der Waals surface area contributed by atoms with Gasteiger partial charge in [-0.05, 0) is 18.1 Å². The fraction of sp³-hybridized carbons (Fsp3) is 0.200. The summed E-state index contributed by atoms with van der Waals surface area (Å²) in [5, 5.41) is 0. The fourth-order valence-electron chi connectivity index (χ4n) is 2.52. The highest BCUT2D eigenvalue weighted by atomic mass is 14.3. The van der Waals surface area contributed by atoms with Crippen molar-refractivity contribution >= 4 is 0 Å². The van der Waals surface area contributed by atoms with Crippen LogP contribution in [0.15, 0.2) is 71.4 Å². The molecule has 0 bridgehead atoms. The summed E-state index contributed by atoms with van der Waals surface area (Å²) >= 11 is 0. The molecule has 0 spiro atoms. The normalized spacial score (nSPS) is 31.4. The third kappa shape index (κ3) is 1.37. The maximum absolute atomic E-state index is 2.34. The maximum Gasteiger partial charge on any atom is 0.0125 e. The monoisotopic (exact) mass is 194 g/mol. The standard InChI is InChI=1S/C15H14/c1-11-6-9-15-13(10-11)8-7-12-4-2-3-5-14(12)15/h2-10,14-15H,1H3. The van der Waals surface area contributed by atoms with Crippen LogP contribution in [0.3, 0.4) is 0 Å². The molecular formula is C15H14. The minimum absolute atomic E-state index is 0.551. The van der Waals surface area contributed by atoms with Crippen molar-refractivity contribution in [3.05, 3.63) is 71.4 Å². The summed E-state index contributed by atoms with van der Waals surface area (Å²) in [6.45, 7) is 2.16. The SMILES string of the molecule is CC1=CC2=CC=C3C=CC=CC3C2C=C1. The van der Waals surface area contributed by atoms with Gasteiger partial charge in [-0.2, -0.15) is 0 Å². The third-order valence-electron chi connectivity index (χ3n) is 3.30. The van der Waals surface area contributed by atoms with E-state index in [4.69, 9.17) is 0 Å². The predicted molar refractivity (Wildman–Crippen MR) is 64.3 cm³/mol. The van der Waals surface area contributed by atoms with Crippen molar-refractivity contribution in [2.75, 3.05) is 0 Å². The van der Waals surface area contributed by atoms with Gasteiger partial charge in [-0.15, -0.1) is 0 Å². The van der Waals surface area contributed by atoms with Crippen LogP contribution in [0.1, 0.15) is 6.92 Å². The summed E-state index contributed by atoms with van der Waals surface area (Å²) in [6, 6.07) is 0. The first-order chi connectivity index (χ1) is 7.34. The number of hydrogen-bond acceptors (Lipinski definition) is 0.